The maximum atomic E-state index is 14.2. The number of para-hydroxylation sites is 4. The second-order valence-electron chi connectivity index (χ2n) is 10.6. The van der Waals surface area contributed by atoms with Crippen LogP contribution in [-0.2, 0) is 9.84 Å². The van der Waals surface area contributed by atoms with Gasteiger partial charge in [-0.25, -0.2) is 8.42 Å². The Morgan fingerprint density at radius 1 is 0.390 bits per heavy atom. The zero-order valence-electron chi connectivity index (χ0n) is 21.8. The van der Waals surface area contributed by atoms with Gasteiger partial charge in [0.25, 0.3) is 0 Å². The third-order valence-electron chi connectivity index (χ3n) is 8.48. The molecule has 41 heavy (non-hydrogen) atoms. The van der Waals surface area contributed by atoms with E-state index in [1.165, 1.54) is 0 Å². The molecule has 1 aliphatic heterocycles. The summed E-state index contributed by atoms with van der Waals surface area (Å²) in [5, 5.41) is 4.58. The van der Waals surface area contributed by atoms with Crippen LogP contribution in [0.25, 0.3) is 66.1 Å². The van der Waals surface area contributed by atoms with Gasteiger partial charge in [-0.1, -0.05) is 84.9 Å². The molecule has 1 aliphatic rings. The number of benzene rings is 6. The molecule has 9 rings (SSSR count). The Bertz CT molecular complexity index is 2220. The fourth-order valence-electron chi connectivity index (χ4n) is 6.71. The van der Waals surface area contributed by atoms with Crippen LogP contribution in [0.5, 0.6) is 0 Å². The van der Waals surface area contributed by atoms with Gasteiger partial charge >= 0.3 is 0 Å². The molecular formula is C36H22N2O2S. The fourth-order valence-corrected chi connectivity index (χ4v) is 8.43. The number of hydrogen-bond acceptors (Lipinski definition) is 2. The monoisotopic (exact) mass is 546 g/mol. The summed E-state index contributed by atoms with van der Waals surface area (Å²) in [6.07, 6.45) is 0. The van der Waals surface area contributed by atoms with Crippen molar-refractivity contribution >= 4 is 53.4 Å². The summed E-state index contributed by atoms with van der Waals surface area (Å²) in [6, 6.07) is 44.7. The van der Waals surface area contributed by atoms with E-state index in [1.54, 1.807) is 0 Å². The van der Waals surface area contributed by atoms with Gasteiger partial charge in [0.05, 0.1) is 31.9 Å². The van der Waals surface area contributed by atoms with Crippen LogP contribution in [0.2, 0.25) is 0 Å². The van der Waals surface area contributed by atoms with Crippen molar-refractivity contribution in [3.05, 3.63) is 133 Å². The quantitative estimate of drug-likeness (QED) is 0.218. The highest BCUT2D eigenvalue weighted by Gasteiger charge is 2.34. The minimum atomic E-state index is -3.73. The number of hydrogen-bond donors (Lipinski definition) is 0. The standard InChI is InChI=1S/C36H22N2O2S/c39-41(40)35-21-23(37-31-13-5-1-9-25(31)26-10-2-6-14-32(26)37)17-19-29(35)30-20-18-24(22-36(30)41)38-33-15-7-3-11-27(33)28-12-4-8-16-34(28)38/h1-22H. The zero-order valence-corrected chi connectivity index (χ0v) is 22.6. The average Bonchev–Trinajstić information content (AvgIpc) is 3.61. The Hall–Kier alpha value is -5.13. The zero-order chi connectivity index (χ0) is 27.3. The van der Waals surface area contributed by atoms with Crippen LogP contribution in [0.3, 0.4) is 0 Å². The molecule has 5 heteroatoms. The number of rotatable bonds is 2. The molecule has 0 saturated carbocycles. The lowest BCUT2D eigenvalue weighted by Crippen LogP contribution is -2.01. The molecule has 0 spiro atoms. The summed E-state index contributed by atoms with van der Waals surface area (Å²) >= 11 is 0. The van der Waals surface area contributed by atoms with Crippen LogP contribution in [0.1, 0.15) is 0 Å². The molecule has 0 atom stereocenters. The normalized spacial score (nSPS) is 13.8. The molecule has 0 radical (unpaired) electrons. The van der Waals surface area contributed by atoms with Crippen LogP contribution in [-0.4, -0.2) is 17.6 Å². The van der Waals surface area contributed by atoms with E-state index >= 15 is 0 Å². The molecule has 4 nitrogen and oxygen atoms in total. The molecule has 0 aliphatic carbocycles. The predicted molar refractivity (Wildman–Crippen MR) is 166 cm³/mol. The molecule has 3 heterocycles. The minimum Gasteiger partial charge on any atom is -0.309 e. The highest BCUT2D eigenvalue weighted by Crippen LogP contribution is 2.46. The van der Waals surface area contributed by atoms with Crippen LogP contribution in [0.15, 0.2) is 143 Å². The van der Waals surface area contributed by atoms with Gasteiger partial charge in [0.2, 0.25) is 9.84 Å². The van der Waals surface area contributed by atoms with E-state index in [1.807, 2.05) is 84.9 Å². The van der Waals surface area contributed by atoms with E-state index in [-0.39, 0.29) is 0 Å². The van der Waals surface area contributed by atoms with E-state index in [2.05, 4.69) is 57.7 Å². The number of nitrogens with zero attached hydrogens (tertiary/aromatic N) is 2. The summed E-state index contributed by atoms with van der Waals surface area (Å²) in [7, 11) is -3.73. The molecular weight excluding hydrogens is 524 g/mol. The first-order valence-electron chi connectivity index (χ1n) is 13.6. The Morgan fingerprint density at radius 3 is 1.05 bits per heavy atom. The number of fused-ring (bicyclic) bond motifs is 9. The van der Waals surface area contributed by atoms with E-state index in [0.717, 1.165) is 66.1 Å². The van der Waals surface area contributed by atoms with Crippen molar-refractivity contribution in [1.82, 2.24) is 9.13 Å². The minimum absolute atomic E-state index is 0.353. The second kappa shape index (κ2) is 7.96. The van der Waals surface area contributed by atoms with Crippen molar-refractivity contribution in [3.63, 3.8) is 0 Å². The van der Waals surface area contributed by atoms with Crippen molar-refractivity contribution in [2.24, 2.45) is 0 Å². The summed E-state index contributed by atoms with van der Waals surface area (Å²) < 4.78 is 32.6. The maximum Gasteiger partial charge on any atom is 0.207 e. The highest BCUT2D eigenvalue weighted by atomic mass is 32.2. The maximum absolute atomic E-state index is 14.2. The van der Waals surface area contributed by atoms with E-state index in [4.69, 9.17) is 0 Å². The van der Waals surface area contributed by atoms with Crippen molar-refractivity contribution in [2.75, 3.05) is 0 Å². The number of sulfone groups is 1. The molecule has 0 fully saturated rings. The third kappa shape index (κ3) is 2.96. The van der Waals surface area contributed by atoms with Crippen molar-refractivity contribution < 1.29 is 8.42 Å². The van der Waals surface area contributed by atoms with E-state index in [9.17, 15) is 8.42 Å². The lowest BCUT2D eigenvalue weighted by molar-refractivity contribution is 0.598. The topological polar surface area (TPSA) is 44.0 Å². The molecule has 0 bridgehead atoms. The van der Waals surface area contributed by atoms with Crippen LogP contribution in [0.4, 0.5) is 0 Å². The summed E-state index contributed by atoms with van der Waals surface area (Å²) in [6.45, 7) is 0. The molecule has 194 valence electrons. The molecule has 0 N–H and O–H groups in total. The Kier molecular flexibility index (Phi) is 4.40. The highest BCUT2D eigenvalue weighted by molar-refractivity contribution is 7.92. The number of aromatic nitrogens is 2. The van der Waals surface area contributed by atoms with Gasteiger partial charge < -0.3 is 9.13 Å². The first-order chi connectivity index (χ1) is 20.1. The Labute approximate surface area is 236 Å². The molecule has 0 unspecified atom stereocenters. The van der Waals surface area contributed by atoms with E-state index in [0.29, 0.717) is 9.79 Å². The average molecular weight is 547 g/mol. The van der Waals surface area contributed by atoms with Crippen LogP contribution < -0.4 is 0 Å². The molecule has 2 aromatic heterocycles. The van der Waals surface area contributed by atoms with Crippen molar-refractivity contribution in [2.45, 2.75) is 9.79 Å². The van der Waals surface area contributed by atoms with Gasteiger partial charge in [0.15, 0.2) is 0 Å². The molecule has 0 saturated heterocycles. The Morgan fingerprint density at radius 2 is 0.707 bits per heavy atom. The second-order valence-corrected chi connectivity index (χ2v) is 12.5. The third-order valence-corrected chi connectivity index (χ3v) is 10.3. The summed E-state index contributed by atoms with van der Waals surface area (Å²) in [5.41, 5.74) is 7.37. The molecule has 6 aromatic carbocycles. The van der Waals surface area contributed by atoms with Crippen molar-refractivity contribution in [3.8, 4) is 22.5 Å². The Balaban J connectivity index is 1.25. The SMILES string of the molecule is O=S1(=O)c2cc(-n3c4ccccc4c4ccccc43)ccc2-c2ccc(-n3c4ccccc4c4ccccc43)cc21. The smallest absolute Gasteiger partial charge is 0.207 e. The van der Waals surface area contributed by atoms with Gasteiger partial charge in [-0.05, 0) is 48.5 Å². The molecule has 0 amide bonds. The fraction of sp³-hybridized carbons (Fsp3) is 0. The van der Waals surface area contributed by atoms with Gasteiger partial charge in [-0.15, -0.1) is 0 Å². The summed E-state index contributed by atoms with van der Waals surface area (Å²) in [4.78, 5) is 0.706. The molecule has 8 aromatic rings. The van der Waals surface area contributed by atoms with Crippen LogP contribution >= 0.6 is 0 Å². The first-order valence-corrected chi connectivity index (χ1v) is 15.1. The first kappa shape index (κ1) is 22.7. The predicted octanol–water partition coefficient (Wildman–Crippen LogP) is 8.69. The van der Waals surface area contributed by atoms with Gasteiger partial charge in [-0.2, -0.15) is 0 Å². The van der Waals surface area contributed by atoms with Gasteiger partial charge in [0, 0.05) is 44.0 Å². The lowest BCUT2D eigenvalue weighted by Gasteiger charge is -2.10. The van der Waals surface area contributed by atoms with E-state index < -0.39 is 9.84 Å². The van der Waals surface area contributed by atoms with Crippen molar-refractivity contribution in [1.29, 1.82) is 0 Å². The largest absolute Gasteiger partial charge is 0.309 e. The van der Waals surface area contributed by atoms with Gasteiger partial charge in [0.1, 0.15) is 0 Å². The summed E-state index contributed by atoms with van der Waals surface area (Å²) in [5.74, 6) is 0. The lowest BCUT2D eigenvalue weighted by atomic mass is 10.0. The van der Waals surface area contributed by atoms with Gasteiger partial charge in [-0.3, -0.25) is 0 Å². The van der Waals surface area contributed by atoms with Crippen LogP contribution in [0, 0.1) is 0 Å².